The summed E-state index contributed by atoms with van der Waals surface area (Å²) in [7, 11) is 4.22. The van der Waals surface area contributed by atoms with Crippen LogP contribution in [-0.2, 0) is 20.9 Å². The minimum absolute atomic E-state index is 0.164. The van der Waals surface area contributed by atoms with Crippen LogP contribution in [0.1, 0.15) is 21.5 Å². The smallest absolute Gasteiger partial charge is 0.337 e. The van der Waals surface area contributed by atoms with Crippen LogP contribution < -0.4 is 19.7 Å². The van der Waals surface area contributed by atoms with Crippen LogP contribution in [0, 0.1) is 0 Å². The van der Waals surface area contributed by atoms with Crippen molar-refractivity contribution in [2.45, 2.75) is 6.54 Å². The van der Waals surface area contributed by atoms with Crippen molar-refractivity contribution in [3.05, 3.63) is 95.2 Å². The molecule has 1 saturated heterocycles. The normalized spacial score (nSPS) is 14.4. The minimum atomic E-state index is -0.886. The summed E-state index contributed by atoms with van der Waals surface area (Å²) in [4.78, 5) is 52.1. The molecular weight excluding hydrogens is 514 g/mol. The van der Waals surface area contributed by atoms with Crippen LogP contribution in [0.2, 0.25) is 0 Å². The number of anilines is 1. The molecule has 5 rings (SSSR count). The van der Waals surface area contributed by atoms with Gasteiger partial charge in [-0.1, -0.05) is 30.3 Å². The van der Waals surface area contributed by atoms with E-state index in [0.717, 1.165) is 21.4 Å². The highest BCUT2D eigenvalue weighted by Gasteiger charge is 2.38. The summed E-state index contributed by atoms with van der Waals surface area (Å²) in [5, 5.41) is 3.04. The van der Waals surface area contributed by atoms with E-state index in [1.807, 2.05) is 41.1 Å². The number of methoxy groups -OCH3 is 3. The third-order valence-corrected chi connectivity index (χ3v) is 6.55. The van der Waals surface area contributed by atoms with Gasteiger partial charge >= 0.3 is 12.0 Å². The Morgan fingerprint density at radius 1 is 0.925 bits per heavy atom. The van der Waals surface area contributed by atoms with Crippen molar-refractivity contribution >= 4 is 46.5 Å². The maximum atomic E-state index is 13.6. The Bertz CT molecular complexity index is 1700. The van der Waals surface area contributed by atoms with Gasteiger partial charge in [-0.2, -0.15) is 0 Å². The van der Waals surface area contributed by atoms with E-state index in [1.165, 1.54) is 33.5 Å². The zero-order chi connectivity index (χ0) is 28.4. The zero-order valence-corrected chi connectivity index (χ0v) is 22.0. The van der Waals surface area contributed by atoms with Crippen LogP contribution in [0.15, 0.2) is 78.5 Å². The summed E-state index contributed by atoms with van der Waals surface area (Å²) < 4.78 is 17.4. The lowest BCUT2D eigenvalue weighted by Crippen LogP contribution is -2.54. The first-order valence-corrected chi connectivity index (χ1v) is 12.2. The summed E-state index contributed by atoms with van der Waals surface area (Å²) in [5.41, 5.74) is 2.70. The van der Waals surface area contributed by atoms with Crippen molar-refractivity contribution in [1.29, 1.82) is 0 Å². The Labute approximate surface area is 229 Å². The fourth-order valence-corrected chi connectivity index (χ4v) is 4.63. The van der Waals surface area contributed by atoms with Crippen LogP contribution in [0.3, 0.4) is 0 Å². The molecule has 1 aliphatic rings. The van der Waals surface area contributed by atoms with E-state index in [1.54, 1.807) is 30.3 Å². The Balaban J connectivity index is 1.55. The van der Waals surface area contributed by atoms with Gasteiger partial charge in [-0.3, -0.25) is 14.9 Å². The molecule has 0 saturated carbocycles. The number of nitrogens with zero attached hydrogens (tertiary/aromatic N) is 2. The number of rotatable bonds is 7. The van der Waals surface area contributed by atoms with E-state index in [-0.39, 0.29) is 17.0 Å². The average molecular weight is 540 g/mol. The number of hydrogen-bond donors (Lipinski definition) is 1. The molecule has 4 aromatic rings. The van der Waals surface area contributed by atoms with Crippen molar-refractivity contribution in [2.75, 3.05) is 26.2 Å². The third kappa shape index (κ3) is 4.78. The molecule has 40 heavy (non-hydrogen) atoms. The molecule has 1 aliphatic heterocycles. The summed E-state index contributed by atoms with van der Waals surface area (Å²) >= 11 is 0. The predicted molar refractivity (Wildman–Crippen MR) is 147 cm³/mol. The molecule has 0 spiro atoms. The summed E-state index contributed by atoms with van der Waals surface area (Å²) in [6.45, 7) is 0.419. The van der Waals surface area contributed by atoms with Gasteiger partial charge in [-0.25, -0.2) is 14.5 Å². The van der Waals surface area contributed by atoms with E-state index >= 15 is 0 Å². The average Bonchev–Trinajstić information content (AvgIpc) is 3.31. The monoisotopic (exact) mass is 539 g/mol. The Morgan fingerprint density at radius 3 is 2.48 bits per heavy atom. The van der Waals surface area contributed by atoms with Crippen molar-refractivity contribution in [2.24, 2.45) is 0 Å². The lowest BCUT2D eigenvalue weighted by molar-refractivity contribution is -0.122. The van der Waals surface area contributed by atoms with Gasteiger partial charge in [0.05, 0.1) is 32.6 Å². The summed E-state index contributed by atoms with van der Waals surface area (Å²) in [6, 6.07) is 18.4. The van der Waals surface area contributed by atoms with Gasteiger partial charge < -0.3 is 18.8 Å². The first-order chi connectivity index (χ1) is 19.3. The molecule has 0 radical (unpaired) electrons. The second-order valence-corrected chi connectivity index (χ2v) is 8.92. The topological polar surface area (TPSA) is 116 Å². The molecular formula is C30H25N3O7. The highest BCUT2D eigenvalue weighted by Crippen LogP contribution is 2.35. The molecule has 1 N–H and O–H groups in total. The highest BCUT2D eigenvalue weighted by atomic mass is 16.5. The fraction of sp³-hybridized carbons (Fsp3) is 0.133. The highest BCUT2D eigenvalue weighted by molar-refractivity contribution is 6.39. The third-order valence-electron chi connectivity index (χ3n) is 6.55. The van der Waals surface area contributed by atoms with Crippen molar-refractivity contribution in [3.8, 4) is 11.5 Å². The van der Waals surface area contributed by atoms with Crippen LogP contribution in [0.25, 0.3) is 17.0 Å². The number of fused-ring (bicyclic) bond motifs is 1. The van der Waals surface area contributed by atoms with E-state index in [4.69, 9.17) is 14.2 Å². The van der Waals surface area contributed by atoms with Gasteiger partial charge in [-0.15, -0.1) is 0 Å². The van der Waals surface area contributed by atoms with Gasteiger partial charge in [0.25, 0.3) is 11.8 Å². The number of ether oxygens (including phenoxy) is 3. The molecule has 3 aromatic carbocycles. The number of esters is 1. The zero-order valence-electron chi connectivity index (χ0n) is 22.0. The number of amides is 4. The number of benzene rings is 3. The quantitative estimate of drug-likeness (QED) is 0.213. The van der Waals surface area contributed by atoms with Crippen LogP contribution in [-0.4, -0.2) is 49.7 Å². The van der Waals surface area contributed by atoms with E-state index in [2.05, 4.69) is 5.32 Å². The van der Waals surface area contributed by atoms with Crippen LogP contribution >= 0.6 is 0 Å². The van der Waals surface area contributed by atoms with E-state index < -0.39 is 23.8 Å². The minimum Gasteiger partial charge on any atom is -0.497 e. The van der Waals surface area contributed by atoms with Gasteiger partial charge in [0, 0.05) is 35.3 Å². The second kappa shape index (κ2) is 10.8. The number of aromatic nitrogens is 1. The van der Waals surface area contributed by atoms with Gasteiger partial charge in [0.15, 0.2) is 0 Å². The van der Waals surface area contributed by atoms with Gasteiger partial charge in [0.2, 0.25) is 0 Å². The first-order valence-electron chi connectivity index (χ1n) is 12.2. The number of nitrogens with one attached hydrogen (secondary N) is 1. The largest absolute Gasteiger partial charge is 0.497 e. The molecule has 0 bridgehead atoms. The van der Waals surface area contributed by atoms with Crippen LogP contribution in [0.4, 0.5) is 10.5 Å². The lowest BCUT2D eigenvalue weighted by atomic mass is 10.1. The number of para-hydroxylation sites is 1. The Morgan fingerprint density at radius 2 is 1.73 bits per heavy atom. The first kappa shape index (κ1) is 26.2. The molecule has 2 heterocycles. The SMILES string of the molecule is COC(=O)c1cccc(Cn2cc(/C=C3\C(=O)NC(=O)N(c4ccc(OC)cc4OC)C3=O)c3ccccc32)c1. The van der Waals surface area contributed by atoms with Crippen LogP contribution in [0.5, 0.6) is 11.5 Å². The number of urea groups is 1. The number of barbiturate groups is 1. The predicted octanol–water partition coefficient (Wildman–Crippen LogP) is 4.16. The van der Waals surface area contributed by atoms with Gasteiger partial charge in [0.1, 0.15) is 17.1 Å². The maximum Gasteiger partial charge on any atom is 0.337 e. The molecule has 1 fully saturated rings. The number of hydrogen-bond acceptors (Lipinski definition) is 7. The molecule has 202 valence electrons. The molecule has 0 aliphatic carbocycles. The van der Waals surface area contributed by atoms with Crippen molar-refractivity contribution < 1.29 is 33.4 Å². The molecule has 10 nitrogen and oxygen atoms in total. The Kier molecular flexibility index (Phi) is 7.07. The number of imide groups is 2. The Hall–Kier alpha value is -5.38. The number of carbonyl (C=O) groups is 4. The number of carbonyl (C=O) groups excluding carboxylic acids is 4. The maximum absolute atomic E-state index is 13.6. The molecule has 0 unspecified atom stereocenters. The molecule has 1 aromatic heterocycles. The standard InChI is InChI=1S/C30H25N3O7/c1-38-21-11-12-25(26(15-21)39-2)33-28(35)23(27(34)31-30(33)37)14-20-17-32(24-10-5-4-9-22(20)24)16-18-7-6-8-19(13-18)29(36)40-3/h4-15,17H,16H2,1-3H3,(H,31,34,37)/b23-14+. The van der Waals surface area contributed by atoms with Crippen molar-refractivity contribution in [3.63, 3.8) is 0 Å². The second-order valence-electron chi connectivity index (χ2n) is 8.92. The van der Waals surface area contributed by atoms with Gasteiger partial charge in [-0.05, 0) is 42.0 Å². The molecule has 4 amide bonds. The summed E-state index contributed by atoms with van der Waals surface area (Å²) in [5.74, 6) is -1.33. The van der Waals surface area contributed by atoms with Crippen molar-refractivity contribution in [1.82, 2.24) is 9.88 Å². The fourth-order valence-electron chi connectivity index (χ4n) is 4.63. The molecule has 0 atom stereocenters. The van der Waals surface area contributed by atoms with E-state index in [9.17, 15) is 19.2 Å². The van der Waals surface area contributed by atoms with E-state index in [0.29, 0.717) is 23.4 Å². The summed E-state index contributed by atoms with van der Waals surface area (Å²) in [6.07, 6.45) is 3.29. The molecule has 10 heteroatoms. The lowest BCUT2D eigenvalue weighted by Gasteiger charge is -2.27.